The Labute approximate surface area is 151 Å². The Morgan fingerprint density at radius 1 is 1.27 bits per heavy atom. The van der Waals surface area contributed by atoms with Crippen LogP contribution in [0.2, 0.25) is 0 Å². The minimum Gasteiger partial charge on any atom is -0.455 e. The molecule has 0 unspecified atom stereocenters. The van der Waals surface area contributed by atoms with Crippen molar-refractivity contribution in [2.45, 2.75) is 75.1 Å². The third kappa shape index (κ3) is 2.10. The van der Waals surface area contributed by atoms with Crippen molar-refractivity contribution in [1.29, 1.82) is 0 Å². The van der Waals surface area contributed by atoms with Crippen molar-refractivity contribution >= 4 is 17.7 Å². The average molecular weight is 362 g/mol. The molecule has 7 nitrogen and oxygen atoms in total. The molecule has 0 saturated carbocycles. The molecule has 4 rings (SSSR count). The number of fused-ring (bicyclic) bond motifs is 3. The highest BCUT2D eigenvalue weighted by atomic mass is 16.7. The Hall–Kier alpha value is -1.99. The van der Waals surface area contributed by atoms with Crippen LogP contribution >= 0.6 is 0 Å². The molecule has 140 valence electrons. The minimum absolute atomic E-state index is 0.0540. The Morgan fingerprint density at radius 3 is 2.62 bits per heavy atom. The van der Waals surface area contributed by atoms with Crippen molar-refractivity contribution in [1.82, 2.24) is 0 Å². The molecule has 2 bridgehead atoms. The summed E-state index contributed by atoms with van der Waals surface area (Å²) in [5, 5.41) is 0. The van der Waals surface area contributed by atoms with Crippen LogP contribution in [0.4, 0.5) is 0 Å². The maximum absolute atomic E-state index is 12.9. The van der Waals surface area contributed by atoms with Gasteiger partial charge in [-0.15, -0.1) is 0 Å². The van der Waals surface area contributed by atoms with E-state index in [4.69, 9.17) is 18.9 Å². The van der Waals surface area contributed by atoms with Crippen LogP contribution in [-0.2, 0) is 33.3 Å². The van der Waals surface area contributed by atoms with Crippen LogP contribution in [0.15, 0.2) is 24.3 Å². The van der Waals surface area contributed by atoms with Gasteiger partial charge in [0.2, 0.25) is 0 Å². The van der Waals surface area contributed by atoms with E-state index in [0.29, 0.717) is 6.42 Å². The van der Waals surface area contributed by atoms with Crippen LogP contribution < -0.4 is 0 Å². The Balaban J connectivity index is 1.83. The van der Waals surface area contributed by atoms with Crippen molar-refractivity contribution in [3.63, 3.8) is 0 Å². The van der Waals surface area contributed by atoms with E-state index in [0.717, 1.165) is 0 Å². The summed E-state index contributed by atoms with van der Waals surface area (Å²) in [5.41, 5.74) is -2.93. The third-order valence-electron chi connectivity index (χ3n) is 6.07. The number of Topliss-reactive ketones (excluding diaryl/α,β-unsaturated/α-hetero) is 1. The van der Waals surface area contributed by atoms with E-state index in [-0.39, 0.29) is 29.8 Å². The Morgan fingerprint density at radius 2 is 1.96 bits per heavy atom. The molecule has 4 heterocycles. The molecule has 4 aliphatic rings. The SMILES string of the molecule is C=C(C)C(=O)O[C@H]1C[C@]2(C)O[C@@]13C(=C)C(=O)O[C@@H]3[C@H]1O[C@]1(C)CCC2=O. The molecule has 26 heavy (non-hydrogen) atoms. The van der Waals surface area contributed by atoms with Gasteiger partial charge in [-0.1, -0.05) is 13.2 Å². The zero-order valence-corrected chi connectivity index (χ0v) is 15.1. The van der Waals surface area contributed by atoms with Gasteiger partial charge in [-0.25, -0.2) is 9.59 Å². The van der Waals surface area contributed by atoms with Crippen LogP contribution in [0.25, 0.3) is 0 Å². The van der Waals surface area contributed by atoms with Crippen LogP contribution in [-0.4, -0.2) is 52.8 Å². The standard InChI is InChI=1S/C19H22O7/c1-9(2)15(21)23-12-8-18(5)11(20)6-7-17(4)13(25-17)14-19(12,26-18)10(3)16(22)24-14/h12-14H,1,3,6-8H2,2,4-5H3/t12-,13+,14+,17+,18-,19-/m0/s1. The summed E-state index contributed by atoms with van der Waals surface area (Å²) in [6.07, 6.45) is -1.24. The monoisotopic (exact) mass is 362 g/mol. The number of carbonyl (C=O) groups is 3. The number of rotatable bonds is 2. The lowest BCUT2D eigenvalue weighted by molar-refractivity contribution is -0.172. The lowest BCUT2D eigenvalue weighted by atomic mass is 9.78. The molecule has 1 spiro atoms. The molecule has 0 radical (unpaired) electrons. The topological polar surface area (TPSA) is 91.4 Å². The number of carbonyl (C=O) groups excluding carboxylic acids is 3. The van der Waals surface area contributed by atoms with Crippen molar-refractivity contribution in [2.24, 2.45) is 0 Å². The van der Waals surface area contributed by atoms with Crippen LogP contribution in [0.3, 0.4) is 0 Å². The maximum atomic E-state index is 12.9. The quantitative estimate of drug-likeness (QED) is 0.416. The third-order valence-corrected chi connectivity index (χ3v) is 6.07. The second-order valence-corrected chi connectivity index (χ2v) is 8.08. The molecule has 0 amide bonds. The van der Waals surface area contributed by atoms with Gasteiger partial charge in [0.15, 0.2) is 17.5 Å². The van der Waals surface area contributed by atoms with Gasteiger partial charge in [0.25, 0.3) is 0 Å². The number of ether oxygens (including phenoxy) is 4. The summed E-state index contributed by atoms with van der Waals surface area (Å²) in [6, 6.07) is 0. The molecule has 4 aliphatic heterocycles. The first kappa shape index (κ1) is 17.4. The van der Waals surface area contributed by atoms with E-state index in [1.54, 1.807) is 6.92 Å². The normalized spacial score (nSPS) is 46.4. The van der Waals surface area contributed by atoms with Crippen molar-refractivity contribution < 1.29 is 33.3 Å². The predicted octanol–water partition coefficient (Wildman–Crippen LogP) is 1.39. The summed E-state index contributed by atoms with van der Waals surface area (Å²) in [5.74, 6) is -1.35. The van der Waals surface area contributed by atoms with E-state index >= 15 is 0 Å². The van der Waals surface area contributed by atoms with E-state index in [1.807, 2.05) is 6.92 Å². The molecule has 7 heteroatoms. The zero-order valence-electron chi connectivity index (χ0n) is 15.1. The Kier molecular flexibility index (Phi) is 3.38. The molecular formula is C19H22O7. The molecule has 0 N–H and O–H groups in total. The summed E-state index contributed by atoms with van der Waals surface area (Å²) >= 11 is 0. The van der Waals surface area contributed by atoms with E-state index < -0.39 is 47.1 Å². The van der Waals surface area contributed by atoms with Crippen molar-refractivity contribution in [3.05, 3.63) is 24.3 Å². The van der Waals surface area contributed by atoms with Gasteiger partial charge < -0.3 is 18.9 Å². The lowest BCUT2D eigenvalue weighted by Gasteiger charge is -2.34. The Bertz CT molecular complexity index is 770. The smallest absolute Gasteiger partial charge is 0.337 e. The number of hydrogen-bond acceptors (Lipinski definition) is 7. The van der Waals surface area contributed by atoms with Gasteiger partial charge in [0.1, 0.15) is 17.8 Å². The second kappa shape index (κ2) is 5.04. The number of esters is 2. The summed E-state index contributed by atoms with van der Waals surface area (Å²) < 4.78 is 23.2. The molecule has 0 aromatic carbocycles. The van der Waals surface area contributed by atoms with Gasteiger partial charge in [-0.3, -0.25) is 4.79 Å². The largest absolute Gasteiger partial charge is 0.455 e. The highest BCUT2D eigenvalue weighted by Crippen LogP contribution is 2.58. The zero-order chi connectivity index (χ0) is 19.1. The van der Waals surface area contributed by atoms with Gasteiger partial charge in [0, 0.05) is 18.4 Å². The fraction of sp³-hybridized carbons (Fsp3) is 0.632. The minimum atomic E-state index is -1.43. The molecule has 4 fully saturated rings. The molecule has 4 saturated heterocycles. The molecular weight excluding hydrogens is 340 g/mol. The average Bonchev–Trinajstić information content (AvgIpc) is 3.04. The van der Waals surface area contributed by atoms with Gasteiger partial charge in [0.05, 0.1) is 11.2 Å². The van der Waals surface area contributed by atoms with E-state index in [2.05, 4.69) is 13.2 Å². The van der Waals surface area contributed by atoms with Crippen LogP contribution in [0.5, 0.6) is 0 Å². The summed E-state index contributed by atoms with van der Waals surface area (Å²) in [4.78, 5) is 37.4. The first-order valence-corrected chi connectivity index (χ1v) is 8.72. The van der Waals surface area contributed by atoms with Crippen molar-refractivity contribution in [2.75, 3.05) is 0 Å². The predicted molar refractivity (Wildman–Crippen MR) is 88.1 cm³/mol. The van der Waals surface area contributed by atoms with Crippen LogP contribution in [0, 0.1) is 0 Å². The number of epoxide rings is 1. The van der Waals surface area contributed by atoms with E-state index in [1.165, 1.54) is 6.92 Å². The first-order chi connectivity index (χ1) is 12.0. The van der Waals surface area contributed by atoms with Crippen molar-refractivity contribution in [3.8, 4) is 0 Å². The maximum Gasteiger partial charge on any atom is 0.337 e. The van der Waals surface area contributed by atoms with Crippen LogP contribution in [0.1, 0.15) is 40.0 Å². The fourth-order valence-electron chi connectivity index (χ4n) is 4.37. The molecule has 0 aliphatic carbocycles. The van der Waals surface area contributed by atoms with Gasteiger partial charge in [-0.05, 0) is 27.2 Å². The lowest BCUT2D eigenvalue weighted by Crippen LogP contribution is -2.53. The fourth-order valence-corrected chi connectivity index (χ4v) is 4.37. The van der Waals surface area contributed by atoms with Gasteiger partial charge in [-0.2, -0.15) is 0 Å². The highest BCUT2D eigenvalue weighted by Gasteiger charge is 2.76. The van der Waals surface area contributed by atoms with E-state index in [9.17, 15) is 14.4 Å². The highest BCUT2D eigenvalue weighted by molar-refractivity contribution is 5.95. The summed E-state index contributed by atoms with van der Waals surface area (Å²) in [6.45, 7) is 12.5. The molecule has 0 aromatic rings. The number of ketones is 1. The second-order valence-electron chi connectivity index (χ2n) is 8.08. The molecule has 0 aromatic heterocycles. The number of hydrogen-bond donors (Lipinski definition) is 0. The summed E-state index contributed by atoms with van der Waals surface area (Å²) in [7, 11) is 0. The van der Waals surface area contributed by atoms with Gasteiger partial charge >= 0.3 is 11.9 Å². The molecule has 6 atom stereocenters. The first-order valence-electron chi connectivity index (χ1n) is 8.72.